The lowest BCUT2D eigenvalue weighted by molar-refractivity contribution is -0.141. The van der Waals surface area contributed by atoms with Gasteiger partial charge in [-0.25, -0.2) is 0 Å². The second kappa shape index (κ2) is 5.61. The van der Waals surface area contributed by atoms with Crippen LogP contribution in [0.25, 0.3) is 0 Å². The lowest BCUT2D eigenvalue weighted by Crippen LogP contribution is -2.22. The van der Waals surface area contributed by atoms with Crippen molar-refractivity contribution in [3.63, 3.8) is 0 Å². The van der Waals surface area contributed by atoms with Crippen molar-refractivity contribution in [3.05, 3.63) is 28.8 Å². The molecular formula is C14H16ClNO3. The summed E-state index contributed by atoms with van der Waals surface area (Å²) < 4.78 is 0. The number of halogens is 1. The third-order valence-corrected chi connectivity index (χ3v) is 3.94. The van der Waals surface area contributed by atoms with E-state index in [-0.39, 0.29) is 11.8 Å². The molecule has 5 heteroatoms. The maximum absolute atomic E-state index is 12.1. The van der Waals surface area contributed by atoms with E-state index < -0.39 is 11.9 Å². The fourth-order valence-corrected chi connectivity index (χ4v) is 2.73. The van der Waals surface area contributed by atoms with E-state index in [1.54, 1.807) is 6.07 Å². The molecule has 2 rings (SSSR count). The molecule has 2 unspecified atom stereocenters. The van der Waals surface area contributed by atoms with Crippen LogP contribution in [0.15, 0.2) is 18.2 Å². The molecule has 1 aliphatic rings. The van der Waals surface area contributed by atoms with Gasteiger partial charge in [0, 0.05) is 5.92 Å². The number of benzene rings is 1. The predicted molar refractivity (Wildman–Crippen MR) is 73.3 cm³/mol. The van der Waals surface area contributed by atoms with E-state index in [1.807, 2.05) is 19.1 Å². The summed E-state index contributed by atoms with van der Waals surface area (Å²) in [6.45, 7) is 1.87. The van der Waals surface area contributed by atoms with Gasteiger partial charge in [-0.3, -0.25) is 9.59 Å². The number of aryl methyl sites for hydroxylation is 1. The lowest BCUT2D eigenvalue weighted by Gasteiger charge is -2.14. The molecule has 4 nitrogen and oxygen atoms in total. The molecule has 1 fully saturated rings. The number of hydrogen-bond acceptors (Lipinski definition) is 2. The van der Waals surface area contributed by atoms with Crippen LogP contribution in [0.1, 0.15) is 24.8 Å². The summed E-state index contributed by atoms with van der Waals surface area (Å²) in [4.78, 5) is 23.0. The van der Waals surface area contributed by atoms with Crippen LogP contribution in [0.3, 0.4) is 0 Å². The van der Waals surface area contributed by atoms with Crippen molar-refractivity contribution in [3.8, 4) is 0 Å². The van der Waals surface area contributed by atoms with E-state index in [0.717, 1.165) is 5.56 Å². The molecule has 0 aliphatic heterocycles. The Bertz CT molecular complexity index is 495. The minimum Gasteiger partial charge on any atom is -0.481 e. The highest BCUT2D eigenvalue weighted by atomic mass is 35.5. The number of anilines is 1. The van der Waals surface area contributed by atoms with Gasteiger partial charge in [0.15, 0.2) is 0 Å². The minimum absolute atomic E-state index is 0.139. The number of amides is 1. The van der Waals surface area contributed by atoms with E-state index in [2.05, 4.69) is 5.32 Å². The second-order valence-corrected chi connectivity index (χ2v) is 5.37. The van der Waals surface area contributed by atoms with Crippen LogP contribution in [-0.2, 0) is 9.59 Å². The molecule has 0 heterocycles. The number of carbonyl (C=O) groups excluding carboxylic acids is 1. The van der Waals surface area contributed by atoms with Gasteiger partial charge in [0.05, 0.1) is 16.6 Å². The van der Waals surface area contributed by atoms with E-state index >= 15 is 0 Å². The minimum atomic E-state index is -0.816. The summed E-state index contributed by atoms with van der Waals surface area (Å²) >= 11 is 6.05. The van der Waals surface area contributed by atoms with E-state index in [1.165, 1.54) is 0 Å². The zero-order valence-electron chi connectivity index (χ0n) is 10.6. The SMILES string of the molecule is Cc1cccc(Cl)c1NC(=O)C1CCC(C(=O)O)C1. The molecule has 0 saturated heterocycles. The van der Waals surface area contributed by atoms with Crippen molar-refractivity contribution in [2.45, 2.75) is 26.2 Å². The smallest absolute Gasteiger partial charge is 0.306 e. The largest absolute Gasteiger partial charge is 0.481 e. The third-order valence-electron chi connectivity index (χ3n) is 3.62. The van der Waals surface area contributed by atoms with Crippen LogP contribution in [0, 0.1) is 18.8 Å². The maximum Gasteiger partial charge on any atom is 0.306 e. The average molecular weight is 282 g/mol. The zero-order valence-corrected chi connectivity index (χ0v) is 11.4. The second-order valence-electron chi connectivity index (χ2n) is 4.97. The Morgan fingerprint density at radius 1 is 1.32 bits per heavy atom. The molecule has 0 aromatic heterocycles. The van der Waals surface area contributed by atoms with Crippen LogP contribution in [0.5, 0.6) is 0 Å². The number of carboxylic acids is 1. The Hall–Kier alpha value is -1.55. The molecule has 19 heavy (non-hydrogen) atoms. The number of hydrogen-bond donors (Lipinski definition) is 2. The van der Waals surface area contributed by atoms with Gasteiger partial charge in [0.25, 0.3) is 0 Å². The summed E-state index contributed by atoms with van der Waals surface area (Å²) in [5.74, 6) is -1.59. The third kappa shape index (κ3) is 3.07. The molecule has 1 amide bonds. The summed E-state index contributed by atoms with van der Waals surface area (Å²) in [5, 5.41) is 12.3. The number of nitrogens with one attached hydrogen (secondary N) is 1. The van der Waals surface area contributed by atoms with E-state index in [9.17, 15) is 9.59 Å². The average Bonchev–Trinajstić information content (AvgIpc) is 2.83. The monoisotopic (exact) mass is 281 g/mol. The Kier molecular flexibility index (Phi) is 4.10. The zero-order chi connectivity index (χ0) is 14.0. The molecule has 1 aromatic carbocycles. The van der Waals surface area contributed by atoms with Crippen LogP contribution in [0.4, 0.5) is 5.69 Å². The van der Waals surface area contributed by atoms with Crippen LogP contribution >= 0.6 is 11.6 Å². The molecule has 0 bridgehead atoms. The first-order valence-corrected chi connectivity index (χ1v) is 6.65. The highest BCUT2D eigenvalue weighted by molar-refractivity contribution is 6.33. The molecule has 1 aliphatic carbocycles. The molecule has 1 saturated carbocycles. The molecule has 0 radical (unpaired) electrons. The molecule has 2 N–H and O–H groups in total. The van der Waals surface area contributed by atoms with Gasteiger partial charge in [0.2, 0.25) is 5.91 Å². The molecular weight excluding hydrogens is 266 g/mol. The fourth-order valence-electron chi connectivity index (χ4n) is 2.46. The topological polar surface area (TPSA) is 66.4 Å². The van der Waals surface area contributed by atoms with Crippen LogP contribution < -0.4 is 5.32 Å². The van der Waals surface area contributed by atoms with Gasteiger partial charge >= 0.3 is 5.97 Å². The van der Waals surface area contributed by atoms with Gasteiger partial charge in [-0.2, -0.15) is 0 Å². The molecule has 2 atom stereocenters. The number of para-hydroxylation sites is 1. The number of carboxylic acid groups (broad SMARTS) is 1. The Morgan fingerprint density at radius 2 is 2.00 bits per heavy atom. The maximum atomic E-state index is 12.1. The fraction of sp³-hybridized carbons (Fsp3) is 0.429. The van der Waals surface area contributed by atoms with Gasteiger partial charge in [-0.05, 0) is 37.8 Å². The summed E-state index contributed by atoms with van der Waals surface area (Å²) in [6, 6.07) is 5.42. The van der Waals surface area contributed by atoms with E-state index in [0.29, 0.717) is 30.0 Å². The highest BCUT2D eigenvalue weighted by Crippen LogP contribution is 2.33. The summed E-state index contributed by atoms with van der Waals surface area (Å²) in [5.41, 5.74) is 1.52. The molecule has 1 aromatic rings. The van der Waals surface area contributed by atoms with Crippen molar-refractivity contribution in [1.29, 1.82) is 0 Å². The Labute approximate surface area is 116 Å². The normalized spacial score (nSPS) is 22.2. The first-order chi connectivity index (χ1) is 8.99. The quantitative estimate of drug-likeness (QED) is 0.895. The highest BCUT2D eigenvalue weighted by Gasteiger charge is 2.34. The standard InChI is InChI=1S/C14H16ClNO3/c1-8-3-2-4-11(15)12(8)16-13(17)9-5-6-10(7-9)14(18)19/h2-4,9-10H,5-7H2,1H3,(H,16,17)(H,18,19). The Balaban J connectivity index is 2.04. The first-order valence-electron chi connectivity index (χ1n) is 6.28. The van der Waals surface area contributed by atoms with Gasteiger partial charge in [-0.15, -0.1) is 0 Å². The molecule has 0 spiro atoms. The van der Waals surface area contributed by atoms with Crippen LogP contribution in [-0.4, -0.2) is 17.0 Å². The van der Waals surface area contributed by atoms with Crippen molar-refractivity contribution in [2.75, 3.05) is 5.32 Å². The van der Waals surface area contributed by atoms with Crippen molar-refractivity contribution in [1.82, 2.24) is 0 Å². The molecule has 102 valence electrons. The number of aliphatic carboxylic acids is 1. The van der Waals surface area contributed by atoms with Gasteiger partial charge in [-0.1, -0.05) is 23.7 Å². The van der Waals surface area contributed by atoms with Crippen LogP contribution in [0.2, 0.25) is 5.02 Å². The van der Waals surface area contributed by atoms with Crippen molar-refractivity contribution in [2.24, 2.45) is 11.8 Å². The Morgan fingerprint density at radius 3 is 2.58 bits per heavy atom. The lowest BCUT2D eigenvalue weighted by atomic mass is 10.0. The number of carbonyl (C=O) groups is 2. The van der Waals surface area contributed by atoms with Gasteiger partial charge < -0.3 is 10.4 Å². The number of rotatable bonds is 3. The van der Waals surface area contributed by atoms with Gasteiger partial charge in [0.1, 0.15) is 0 Å². The predicted octanol–water partition coefficient (Wildman–Crippen LogP) is 3.09. The summed E-state index contributed by atoms with van der Waals surface area (Å²) in [7, 11) is 0. The van der Waals surface area contributed by atoms with Crippen molar-refractivity contribution < 1.29 is 14.7 Å². The van der Waals surface area contributed by atoms with Crippen molar-refractivity contribution >= 4 is 29.2 Å². The summed E-state index contributed by atoms with van der Waals surface area (Å²) in [6.07, 6.45) is 1.59. The first kappa shape index (κ1) is 13.9. The van der Waals surface area contributed by atoms with E-state index in [4.69, 9.17) is 16.7 Å².